The first-order chi connectivity index (χ1) is 8.01. The molecule has 2 heterocycles. The van der Waals surface area contributed by atoms with Gasteiger partial charge in [0, 0.05) is 11.9 Å². The van der Waals surface area contributed by atoms with Gasteiger partial charge >= 0.3 is 0 Å². The average Bonchev–Trinajstić information content (AvgIpc) is 2.86. The van der Waals surface area contributed by atoms with Crippen molar-refractivity contribution in [1.29, 1.82) is 0 Å². The molecule has 2 aromatic rings. The highest BCUT2D eigenvalue weighted by Crippen LogP contribution is 2.24. The van der Waals surface area contributed by atoms with Crippen molar-refractivity contribution in [1.82, 2.24) is 4.98 Å². The number of hydrogen-bond acceptors (Lipinski definition) is 6. The molecule has 17 heavy (non-hydrogen) atoms. The summed E-state index contributed by atoms with van der Waals surface area (Å²) in [4.78, 5) is 4.06. The lowest BCUT2D eigenvalue weighted by Gasteiger charge is -2.01. The van der Waals surface area contributed by atoms with Crippen LogP contribution in [-0.2, 0) is 16.6 Å². The van der Waals surface area contributed by atoms with Gasteiger partial charge in [-0.25, -0.2) is 13.4 Å². The van der Waals surface area contributed by atoms with Crippen molar-refractivity contribution in [3.8, 4) is 0 Å². The third-order valence-corrected chi connectivity index (χ3v) is 5.80. The molecule has 0 amide bonds. The molecule has 2 aromatic heterocycles. The van der Waals surface area contributed by atoms with Gasteiger partial charge in [0.1, 0.15) is 4.21 Å². The lowest BCUT2D eigenvalue weighted by Crippen LogP contribution is -2.11. The maximum Gasteiger partial charge on any atom is 0.273 e. The van der Waals surface area contributed by atoms with Gasteiger partial charge in [-0.3, -0.25) is 4.72 Å². The number of nitrogens with zero attached hydrogens (tertiary/aromatic N) is 1. The van der Waals surface area contributed by atoms with E-state index in [2.05, 4.69) is 9.71 Å². The summed E-state index contributed by atoms with van der Waals surface area (Å²) < 4.78 is 26.6. The second-order valence-electron chi connectivity index (χ2n) is 3.38. The molecular weight excluding hydrogens is 278 g/mol. The Kier molecular flexibility index (Phi) is 3.48. The lowest BCUT2D eigenvalue weighted by atomic mass is 10.4. The quantitative estimate of drug-likeness (QED) is 0.898. The predicted molar refractivity (Wildman–Crippen MR) is 69.9 cm³/mol. The molecule has 3 N–H and O–H groups in total. The molecule has 0 aliphatic rings. The summed E-state index contributed by atoms with van der Waals surface area (Å²) in [6, 6.07) is 1.58. The number of nitrogens with two attached hydrogens (primary N) is 1. The summed E-state index contributed by atoms with van der Waals surface area (Å²) in [5, 5.41) is 3.91. The van der Waals surface area contributed by atoms with Crippen LogP contribution in [0.2, 0.25) is 0 Å². The van der Waals surface area contributed by atoms with Crippen LogP contribution < -0.4 is 10.5 Å². The van der Waals surface area contributed by atoms with Gasteiger partial charge in [0.25, 0.3) is 10.0 Å². The van der Waals surface area contributed by atoms with Crippen LogP contribution in [0.4, 0.5) is 5.13 Å². The fourth-order valence-electron chi connectivity index (χ4n) is 1.17. The number of nitrogens with one attached hydrogen (secondary N) is 1. The predicted octanol–water partition coefficient (Wildman–Crippen LogP) is 1.77. The van der Waals surface area contributed by atoms with E-state index in [0.717, 1.165) is 22.6 Å². The van der Waals surface area contributed by atoms with Crippen LogP contribution in [0.3, 0.4) is 0 Å². The van der Waals surface area contributed by atoms with Gasteiger partial charge in [-0.2, -0.15) is 0 Å². The molecule has 0 radical (unpaired) electrons. The summed E-state index contributed by atoms with van der Waals surface area (Å²) in [5.74, 6) is 0. The van der Waals surface area contributed by atoms with E-state index in [-0.39, 0.29) is 4.21 Å². The average molecular weight is 289 g/mol. The van der Waals surface area contributed by atoms with E-state index < -0.39 is 10.0 Å². The van der Waals surface area contributed by atoms with Gasteiger partial charge in [0.15, 0.2) is 5.13 Å². The number of sulfonamides is 1. The largest absolute Gasteiger partial charge is 0.326 e. The Morgan fingerprint density at radius 3 is 2.71 bits per heavy atom. The maximum atomic E-state index is 12.0. The maximum absolute atomic E-state index is 12.0. The zero-order valence-corrected chi connectivity index (χ0v) is 11.5. The number of aromatic nitrogens is 1. The molecule has 2 rings (SSSR count). The summed E-state index contributed by atoms with van der Waals surface area (Å²) in [6.07, 6.45) is 0. The molecule has 0 bridgehead atoms. The van der Waals surface area contributed by atoms with Gasteiger partial charge in [-0.1, -0.05) is 0 Å². The number of aryl methyl sites for hydroxylation is 1. The van der Waals surface area contributed by atoms with Crippen molar-refractivity contribution in [2.45, 2.75) is 17.7 Å². The highest BCUT2D eigenvalue weighted by Gasteiger charge is 2.18. The Labute approximate surface area is 107 Å². The summed E-state index contributed by atoms with van der Waals surface area (Å²) in [7, 11) is -3.53. The lowest BCUT2D eigenvalue weighted by molar-refractivity contribution is 0.603. The molecule has 0 saturated heterocycles. The van der Waals surface area contributed by atoms with E-state index >= 15 is 0 Å². The summed E-state index contributed by atoms with van der Waals surface area (Å²) in [5.41, 5.74) is 7.05. The minimum atomic E-state index is -3.53. The Balaban J connectivity index is 2.24. The van der Waals surface area contributed by atoms with Crippen molar-refractivity contribution < 1.29 is 8.42 Å². The number of rotatable bonds is 4. The second-order valence-corrected chi connectivity index (χ2v) is 7.06. The molecule has 0 saturated carbocycles. The van der Waals surface area contributed by atoms with E-state index in [9.17, 15) is 8.42 Å². The summed E-state index contributed by atoms with van der Waals surface area (Å²) in [6.45, 7) is 2.15. The molecule has 92 valence electrons. The van der Waals surface area contributed by atoms with E-state index in [1.165, 1.54) is 11.3 Å². The zero-order chi connectivity index (χ0) is 12.5. The van der Waals surface area contributed by atoms with E-state index in [1.54, 1.807) is 16.8 Å². The van der Waals surface area contributed by atoms with Crippen LogP contribution in [-0.4, -0.2) is 13.4 Å². The highest BCUT2D eigenvalue weighted by atomic mass is 32.2. The van der Waals surface area contributed by atoms with Gasteiger partial charge in [-0.05, 0) is 23.9 Å². The Morgan fingerprint density at radius 1 is 1.41 bits per heavy atom. The number of anilines is 1. The SMILES string of the molecule is Cc1csc(NS(=O)(=O)c2cc(CN)cs2)n1. The normalized spacial score (nSPS) is 11.6. The fraction of sp³-hybridized carbons (Fsp3) is 0.222. The van der Waals surface area contributed by atoms with Crippen molar-refractivity contribution in [3.05, 3.63) is 28.1 Å². The van der Waals surface area contributed by atoms with Crippen LogP contribution >= 0.6 is 22.7 Å². The molecular formula is C9H11N3O2S3. The molecule has 5 nitrogen and oxygen atoms in total. The fourth-order valence-corrected chi connectivity index (χ4v) is 4.33. The number of thiophene rings is 1. The van der Waals surface area contributed by atoms with Crippen LogP contribution in [0.1, 0.15) is 11.3 Å². The molecule has 0 fully saturated rings. The van der Waals surface area contributed by atoms with Gasteiger partial charge < -0.3 is 5.73 Å². The van der Waals surface area contributed by atoms with E-state index in [0.29, 0.717) is 11.7 Å². The van der Waals surface area contributed by atoms with Crippen molar-refractivity contribution in [3.63, 3.8) is 0 Å². The Bertz CT molecular complexity index is 615. The first-order valence-corrected chi connectivity index (χ1v) is 7.98. The molecule has 0 aliphatic carbocycles. The molecule has 0 spiro atoms. The minimum Gasteiger partial charge on any atom is -0.326 e. The molecule has 8 heteroatoms. The van der Waals surface area contributed by atoms with Crippen LogP contribution in [0.5, 0.6) is 0 Å². The van der Waals surface area contributed by atoms with E-state index in [4.69, 9.17) is 5.73 Å². The van der Waals surface area contributed by atoms with Crippen molar-refractivity contribution in [2.75, 3.05) is 4.72 Å². The van der Waals surface area contributed by atoms with Gasteiger partial charge in [-0.15, -0.1) is 22.7 Å². The minimum absolute atomic E-state index is 0.255. The van der Waals surface area contributed by atoms with Crippen LogP contribution in [0, 0.1) is 6.92 Å². The zero-order valence-electron chi connectivity index (χ0n) is 9.00. The molecule has 0 aliphatic heterocycles. The van der Waals surface area contributed by atoms with E-state index in [1.807, 2.05) is 6.92 Å². The number of hydrogen-bond donors (Lipinski definition) is 2. The molecule has 0 unspecified atom stereocenters. The summed E-state index contributed by atoms with van der Waals surface area (Å²) >= 11 is 2.42. The Morgan fingerprint density at radius 2 is 2.18 bits per heavy atom. The smallest absolute Gasteiger partial charge is 0.273 e. The number of thiazole rings is 1. The Hall–Kier alpha value is -0.960. The monoisotopic (exact) mass is 289 g/mol. The third kappa shape index (κ3) is 2.83. The van der Waals surface area contributed by atoms with Gasteiger partial charge in [0.2, 0.25) is 0 Å². The standard InChI is InChI=1S/C9H11N3O2S3/c1-6-4-16-9(11-6)12-17(13,14)8-2-7(3-10)5-15-8/h2,4-5H,3,10H2,1H3,(H,11,12). The topological polar surface area (TPSA) is 85.1 Å². The first-order valence-electron chi connectivity index (χ1n) is 4.73. The second kappa shape index (κ2) is 4.73. The van der Waals surface area contributed by atoms with Crippen LogP contribution in [0.25, 0.3) is 0 Å². The third-order valence-electron chi connectivity index (χ3n) is 1.97. The first kappa shape index (κ1) is 12.5. The van der Waals surface area contributed by atoms with Gasteiger partial charge in [0.05, 0.1) is 5.69 Å². The molecule has 0 aromatic carbocycles. The highest BCUT2D eigenvalue weighted by molar-refractivity contribution is 7.94. The van der Waals surface area contributed by atoms with Crippen LogP contribution in [0.15, 0.2) is 21.0 Å². The van der Waals surface area contributed by atoms with Crippen molar-refractivity contribution in [2.24, 2.45) is 5.73 Å². The van der Waals surface area contributed by atoms with Crippen molar-refractivity contribution >= 4 is 37.8 Å². The molecule has 0 atom stereocenters.